The topological polar surface area (TPSA) is 74.2 Å². The summed E-state index contributed by atoms with van der Waals surface area (Å²) in [5, 5.41) is 7.14. The van der Waals surface area contributed by atoms with Crippen molar-refractivity contribution in [3.05, 3.63) is 75.8 Å². The average molecular weight is 418 g/mol. The highest BCUT2D eigenvalue weighted by atomic mass is 16.2. The number of rotatable bonds is 4. The monoisotopic (exact) mass is 417 g/mol. The van der Waals surface area contributed by atoms with Gasteiger partial charge >= 0.3 is 0 Å². The van der Waals surface area contributed by atoms with Crippen molar-refractivity contribution < 1.29 is 4.79 Å². The Balaban J connectivity index is 1.42. The van der Waals surface area contributed by atoms with E-state index in [9.17, 15) is 9.59 Å². The number of likely N-dealkylation sites (tertiary alicyclic amines) is 1. The molecule has 31 heavy (non-hydrogen) atoms. The number of nitrogens with zero attached hydrogens (tertiary/aromatic N) is 4. The Bertz CT molecular complexity index is 1160. The number of benzene rings is 1. The lowest BCUT2D eigenvalue weighted by atomic mass is 9.82. The lowest BCUT2D eigenvalue weighted by molar-refractivity contribution is 0.0595. The minimum atomic E-state index is 0.00216. The molecule has 160 valence electrons. The summed E-state index contributed by atoms with van der Waals surface area (Å²) in [5.74, 6) is 0.474. The molecule has 1 amide bonds. The molecule has 2 aliphatic heterocycles. The molecule has 2 bridgehead atoms. The van der Waals surface area contributed by atoms with Crippen LogP contribution in [-0.4, -0.2) is 57.7 Å². The highest BCUT2D eigenvalue weighted by molar-refractivity contribution is 5.99. The normalized spacial score (nSPS) is 20.0. The fourth-order valence-corrected chi connectivity index (χ4v) is 5.06. The predicted octanol–water partition coefficient (Wildman–Crippen LogP) is 2.56. The van der Waals surface area contributed by atoms with Crippen LogP contribution in [0.5, 0.6) is 0 Å². The van der Waals surface area contributed by atoms with Crippen molar-refractivity contribution in [3.8, 4) is 11.3 Å². The lowest BCUT2D eigenvalue weighted by Gasteiger charge is -2.43. The van der Waals surface area contributed by atoms with Gasteiger partial charge in [-0.05, 0) is 32.5 Å². The number of aromatic amines is 1. The third-order valence-electron chi connectivity index (χ3n) is 6.39. The second kappa shape index (κ2) is 7.81. The van der Waals surface area contributed by atoms with E-state index in [4.69, 9.17) is 0 Å². The Morgan fingerprint density at radius 3 is 2.71 bits per heavy atom. The fourth-order valence-electron chi connectivity index (χ4n) is 5.06. The van der Waals surface area contributed by atoms with Gasteiger partial charge in [-0.1, -0.05) is 36.4 Å². The minimum absolute atomic E-state index is 0.00216. The van der Waals surface area contributed by atoms with E-state index in [1.54, 1.807) is 6.20 Å². The molecule has 7 heteroatoms. The zero-order valence-electron chi connectivity index (χ0n) is 17.9. The van der Waals surface area contributed by atoms with Crippen molar-refractivity contribution in [2.75, 3.05) is 27.2 Å². The van der Waals surface area contributed by atoms with Gasteiger partial charge in [0.2, 0.25) is 0 Å². The summed E-state index contributed by atoms with van der Waals surface area (Å²) >= 11 is 0. The molecule has 4 heterocycles. The summed E-state index contributed by atoms with van der Waals surface area (Å²) < 4.78 is 1.95. The number of aromatic nitrogens is 3. The molecular weight excluding hydrogens is 390 g/mol. The molecular formula is C24H27N5O2. The number of piperidine rings is 1. The summed E-state index contributed by atoms with van der Waals surface area (Å²) in [5.41, 5.74) is 4.30. The number of carbonyl (C=O) groups excluding carboxylic acids is 1. The Morgan fingerprint density at radius 1 is 1.13 bits per heavy atom. The number of nitrogens with one attached hydrogen (secondary N) is 1. The van der Waals surface area contributed by atoms with Crippen LogP contribution in [-0.2, 0) is 13.1 Å². The second-order valence-electron chi connectivity index (χ2n) is 8.97. The molecule has 0 unspecified atom stereocenters. The first-order valence-electron chi connectivity index (χ1n) is 10.8. The molecule has 0 saturated carbocycles. The van der Waals surface area contributed by atoms with Gasteiger partial charge in [0.05, 0.1) is 17.5 Å². The Kier molecular flexibility index (Phi) is 4.98. The smallest absolute Gasteiger partial charge is 0.257 e. The van der Waals surface area contributed by atoms with Crippen molar-refractivity contribution in [3.63, 3.8) is 0 Å². The van der Waals surface area contributed by atoms with E-state index in [1.807, 2.05) is 64.9 Å². The number of pyridine rings is 1. The minimum Gasteiger partial charge on any atom is -0.338 e. The second-order valence-corrected chi connectivity index (χ2v) is 8.97. The van der Waals surface area contributed by atoms with Crippen molar-refractivity contribution in [1.29, 1.82) is 0 Å². The summed E-state index contributed by atoms with van der Waals surface area (Å²) in [7, 11) is 3.95. The first-order chi connectivity index (χ1) is 15.0. The van der Waals surface area contributed by atoms with Crippen molar-refractivity contribution in [1.82, 2.24) is 24.6 Å². The molecule has 7 nitrogen and oxygen atoms in total. The fraction of sp³-hybridized carbons (Fsp3) is 0.375. The standard InChI is InChI=1S/C24H27N5O2/c1-27(2)14-18-8-9-21-19-10-16(13-29(21)23(18)30)12-28(15-19)24(31)20-11-25-26-22(20)17-6-4-3-5-7-17/h3-9,11,16,19H,10,12-15H2,1-2H3,(H,25,26)/t16-,19+/m0/s1. The van der Waals surface area contributed by atoms with Crippen LogP contribution in [0.2, 0.25) is 0 Å². The summed E-state index contributed by atoms with van der Waals surface area (Å²) in [6.07, 6.45) is 2.65. The first kappa shape index (κ1) is 19.8. The largest absolute Gasteiger partial charge is 0.338 e. The molecule has 5 rings (SSSR count). The van der Waals surface area contributed by atoms with Crippen LogP contribution in [0.4, 0.5) is 0 Å². The van der Waals surface area contributed by atoms with E-state index in [0.717, 1.165) is 28.9 Å². The number of fused-ring (bicyclic) bond motifs is 4. The molecule has 0 aliphatic carbocycles. The van der Waals surface area contributed by atoms with E-state index >= 15 is 0 Å². The van der Waals surface area contributed by atoms with Crippen molar-refractivity contribution in [2.45, 2.75) is 25.4 Å². The molecule has 2 atom stereocenters. The summed E-state index contributed by atoms with van der Waals surface area (Å²) in [4.78, 5) is 30.4. The highest BCUT2D eigenvalue weighted by Gasteiger charge is 2.37. The molecule has 1 N–H and O–H groups in total. The summed E-state index contributed by atoms with van der Waals surface area (Å²) in [6, 6.07) is 13.9. The number of hydrogen-bond acceptors (Lipinski definition) is 4. The van der Waals surface area contributed by atoms with E-state index in [2.05, 4.69) is 16.3 Å². The third-order valence-corrected chi connectivity index (χ3v) is 6.39. The van der Waals surface area contributed by atoms with Gasteiger partial charge in [-0.2, -0.15) is 5.10 Å². The molecule has 0 spiro atoms. The van der Waals surface area contributed by atoms with Gasteiger partial charge in [-0.3, -0.25) is 14.7 Å². The van der Waals surface area contributed by atoms with Gasteiger partial charge in [-0.15, -0.1) is 0 Å². The predicted molar refractivity (Wildman–Crippen MR) is 119 cm³/mol. The number of carbonyl (C=O) groups is 1. The van der Waals surface area contributed by atoms with Gasteiger partial charge in [0.15, 0.2) is 0 Å². The SMILES string of the molecule is CN(C)Cc1ccc2n(c1=O)C[C@H]1C[C@@H]2CN(C(=O)c2cn[nH]c2-c2ccccc2)C1. The molecule has 0 radical (unpaired) electrons. The maximum absolute atomic E-state index is 13.4. The molecule has 1 aromatic carbocycles. The van der Waals surface area contributed by atoms with Crippen LogP contribution in [0.1, 0.15) is 34.0 Å². The van der Waals surface area contributed by atoms with E-state index in [0.29, 0.717) is 31.7 Å². The van der Waals surface area contributed by atoms with E-state index in [1.165, 1.54) is 0 Å². The molecule has 2 aliphatic rings. The van der Waals surface area contributed by atoms with Crippen LogP contribution in [0, 0.1) is 5.92 Å². The lowest BCUT2D eigenvalue weighted by Crippen LogP contribution is -2.49. The van der Waals surface area contributed by atoms with Crippen LogP contribution in [0.3, 0.4) is 0 Å². The number of amides is 1. The zero-order valence-corrected chi connectivity index (χ0v) is 17.9. The number of H-pyrrole nitrogens is 1. The highest BCUT2D eigenvalue weighted by Crippen LogP contribution is 2.36. The third kappa shape index (κ3) is 3.59. The van der Waals surface area contributed by atoms with Crippen LogP contribution in [0.15, 0.2) is 53.5 Å². The van der Waals surface area contributed by atoms with Gasteiger partial charge in [0, 0.05) is 48.9 Å². The molecule has 2 aromatic heterocycles. The zero-order chi connectivity index (χ0) is 21.5. The van der Waals surface area contributed by atoms with Crippen LogP contribution < -0.4 is 5.56 Å². The molecule has 1 fully saturated rings. The average Bonchev–Trinajstić information content (AvgIpc) is 3.26. The van der Waals surface area contributed by atoms with Gasteiger partial charge in [0.1, 0.15) is 0 Å². The Labute approximate surface area is 181 Å². The van der Waals surface area contributed by atoms with Crippen molar-refractivity contribution >= 4 is 5.91 Å². The van der Waals surface area contributed by atoms with E-state index < -0.39 is 0 Å². The molecule has 1 saturated heterocycles. The summed E-state index contributed by atoms with van der Waals surface area (Å²) in [6.45, 7) is 2.61. The quantitative estimate of drug-likeness (QED) is 0.708. The van der Waals surface area contributed by atoms with Crippen molar-refractivity contribution in [2.24, 2.45) is 5.92 Å². The van der Waals surface area contributed by atoms with E-state index in [-0.39, 0.29) is 23.3 Å². The maximum atomic E-state index is 13.4. The van der Waals surface area contributed by atoms with Crippen LogP contribution in [0.25, 0.3) is 11.3 Å². The molecule has 3 aromatic rings. The Hall–Kier alpha value is -3.19. The van der Waals surface area contributed by atoms with Crippen LogP contribution >= 0.6 is 0 Å². The van der Waals surface area contributed by atoms with Gasteiger partial charge in [0.25, 0.3) is 11.5 Å². The van der Waals surface area contributed by atoms with Gasteiger partial charge in [-0.25, -0.2) is 0 Å². The maximum Gasteiger partial charge on any atom is 0.257 e. The number of hydrogen-bond donors (Lipinski definition) is 1. The van der Waals surface area contributed by atoms with Gasteiger partial charge < -0.3 is 14.4 Å². The first-order valence-corrected chi connectivity index (χ1v) is 10.8. The Morgan fingerprint density at radius 2 is 1.94 bits per heavy atom.